The number of anilines is 2. The zero-order chi connectivity index (χ0) is 18.8. The van der Waals surface area contributed by atoms with E-state index in [9.17, 15) is 4.79 Å². The third kappa shape index (κ3) is 4.08. The Morgan fingerprint density at radius 2 is 1.67 bits per heavy atom. The third-order valence-electron chi connectivity index (χ3n) is 5.67. The summed E-state index contributed by atoms with van der Waals surface area (Å²) in [7, 11) is 3.82. The maximum Gasteiger partial charge on any atom is 0.228 e. The number of ether oxygens (including phenoxy) is 1. The molecule has 2 aromatic rings. The van der Waals surface area contributed by atoms with E-state index in [1.807, 2.05) is 24.3 Å². The van der Waals surface area contributed by atoms with Gasteiger partial charge in [0.25, 0.3) is 0 Å². The van der Waals surface area contributed by atoms with Crippen LogP contribution in [-0.4, -0.2) is 51.1 Å². The molecule has 1 saturated heterocycles. The van der Waals surface area contributed by atoms with Crippen LogP contribution in [0.1, 0.15) is 17.9 Å². The minimum Gasteiger partial charge on any atom is -0.497 e. The Hall–Kier alpha value is -2.53. The molecule has 2 unspecified atom stereocenters. The maximum atomic E-state index is 12.6. The van der Waals surface area contributed by atoms with E-state index in [1.165, 1.54) is 11.3 Å². The normalized spacial score (nSPS) is 22.4. The van der Waals surface area contributed by atoms with Crippen LogP contribution in [0.4, 0.5) is 11.4 Å². The van der Waals surface area contributed by atoms with E-state index in [1.54, 1.807) is 7.11 Å². The van der Waals surface area contributed by atoms with Gasteiger partial charge in [-0.3, -0.25) is 4.79 Å². The minimum atomic E-state index is 0.0655. The highest BCUT2D eigenvalue weighted by molar-refractivity contribution is 5.95. The fraction of sp³-hybridized carbons (Fsp3) is 0.409. The van der Waals surface area contributed by atoms with Crippen LogP contribution in [0.25, 0.3) is 0 Å². The van der Waals surface area contributed by atoms with Crippen molar-refractivity contribution in [3.63, 3.8) is 0 Å². The van der Waals surface area contributed by atoms with Gasteiger partial charge in [-0.05, 0) is 61.3 Å². The lowest BCUT2D eigenvalue weighted by Gasteiger charge is -2.34. The number of nitrogens with one attached hydrogen (secondary N) is 1. The number of likely N-dealkylation sites (N-methyl/N-ethyl adjacent to an activating group) is 1. The highest BCUT2D eigenvalue weighted by Gasteiger charge is 2.43. The lowest BCUT2D eigenvalue weighted by Crippen LogP contribution is -2.44. The Labute approximate surface area is 160 Å². The van der Waals surface area contributed by atoms with Crippen LogP contribution in [0, 0.1) is 5.92 Å². The van der Waals surface area contributed by atoms with E-state index in [2.05, 4.69) is 46.4 Å². The molecule has 1 aliphatic heterocycles. The van der Waals surface area contributed by atoms with Gasteiger partial charge in [-0.2, -0.15) is 0 Å². The van der Waals surface area contributed by atoms with Gasteiger partial charge in [0.05, 0.1) is 7.11 Å². The van der Waals surface area contributed by atoms with Crippen molar-refractivity contribution >= 4 is 17.3 Å². The average Bonchev–Trinajstić information content (AvgIpc) is 3.50. The van der Waals surface area contributed by atoms with Gasteiger partial charge < -0.3 is 19.9 Å². The molecule has 1 amide bonds. The number of hydrogen-bond donors (Lipinski definition) is 1. The number of rotatable bonds is 5. The van der Waals surface area contributed by atoms with Gasteiger partial charge >= 0.3 is 0 Å². The van der Waals surface area contributed by atoms with Gasteiger partial charge in [0.15, 0.2) is 0 Å². The molecule has 0 aromatic heterocycles. The highest BCUT2D eigenvalue weighted by atomic mass is 16.5. The zero-order valence-electron chi connectivity index (χ0n) is 16.0. The van der Waals surface area contributed by atoms with Crippen molar-refractivity contribution in [1.29, 1.82) is 0 Å². The summed E-state index contributed by atoms with van der Waals surface area (Å²) in [4.78, 5) is 17.3. The van der Waals surface area contributed by atoms with Gasteiger partial charge in [0.1, 0.15) is 5.75 Å². The summed E-state index contributed by atoms with van der Waals surface area (Å²) >= 11 is 0. The Morgan fingerprint density at radius 1 is 1.00 bits per heavy atom. The number of piperazine rings is 1. The van der Waals surface area contributed by atoms with Crippen molar-refractivity contribution in [3.05, 3.63) is 54.1 Å². The van der Waals surface area contributed by atoms with E-state index >= 15 is 0 Å². The first-order chi connectivity index (χ1) is 13.1. The van der Waals surface area contributed by atoms with Gasteiger partial charge in [-0.25, -0.2) is 0 Å². The molecule has 1 N–H and O–H groups in total. The first-order valence-corrected chi connectivity index (χ1v) is 9.62. The molecule has 0 bridgehead atoms. The van der Waals surface area contributed by atoms with Crippen molar-refractivity contribution in [2.24, 2.45) is 5.92 Å². The Kier molecular flexibility index (Phi) is 5.03. The van der Waals surface area contributed by atoms with Gasteiger partial charge in [0.2, 0.25) is 5.91 Å². The molecule has 1 aliphatic carbocycles. The predicted molar refractivity (Wildman–Crippen MR) is 109 cm³/mol. The molecule has 2 aromatic carbocycles. The number of hydrogen-bond acceptors (Lipinski definition) is 4. The standard InChI is InChI=1S/C22H27N3O2/c1-24-11-13-25(14-12-24)18-7-5-17(6-8-18)23-22(26)21-15-20(21)16-3-9-19(27-2)10-4-16/h3-10,20-21H,11-15H2,1-2H3,(H,23,26). The summed E-state index contributed by atoms with van der Waals surface area (Å²) in [5.41, 5.74) is 3.31. The predicted octanol–water partition coefficient (Wildman–Crippen LogP) is 3.19. The fourth-order valence-corrected chi connectivity index (χ4v) is 3.76. The topological polar surface area (TPSA) is 44.8 Å². The molecular formula is C22H27N3O2. The van der Waals surface area contributed by atoms with Crippen LogP contribution in [0.3, 0.4) is 0 Å². The number of nitrogens with zero attached hydrogens (tertiary/aromatic N) is 2. The lowest BCUT2D eigenvalue weighted by atomic mass is 10.1. The molecule has 2 aliphatic rings. The Bertz CT molecular complexity index is 780. The summed E-state index contributed by atoms with van der Waals surface area (Å²) in [6.45, 7) is 4.28. The largest absolute Gasteiger partial charge is 0.497 e. The molecular weight excluding hydrogens is 338 g/mol. The second-order valence-electron chi connectivity index (χ2n) is 7.55. The zero-order valence-corrected chi connectivity index (χ0v) is 16.0. The van der Waals surface area contributed by atoms with Crippen LogP contribution in [0.15, 0.2) is 48.5 Å². The third-order valence-corrected chi connectivity index (χ3v) is 5.67. The molecule has 5 heteroatoms. The molecule has 0 spiro atoms. The SMILES string of the molecule is COc1ccc(C2CC2C(=O)Nc2ccc(N3CCN(C)CC3)cc2)cc1. The summed E-state index contributed by atoms with van der Waals surface area (Å²) in [6.07, 6.45) is 0.914. The van der Waals surface area contributed by atoms with E-state index in [0.717, 1.165) is 44.0 Å². The first kappa shape index (κ1) is 17.9. The summed E-state index contributed by atoms with van der Waals surface area (Å²) in [5.74, 6) is 1.35. The summed E-state index contributed by atoms with van der Waals surface area (Å²) in [5, 5.41) is 3.07. The number of benzene rings is 2. The molecule has 27 heavy (non-hydrogen) atoms. The highest BCUT2D eigenvalue weighted by Crippen LogP contribution is 2.48. The van der Waals surface area contributed by atoms with Gasteiger partial charge in [-0.1, -0.05) is 12.1 Å². The van der Waals surface area contributed by atoms with Crippen molar-refractivity contribution in [1.82, 2.24) is 4.90 Å². The number of methoxy groups -OCH3 is 1. The lowest BCUT2D eigenvalue weighted by molar-refractivity contribution is -0.117. The first-order valence-electron chi connectivity index (χ1n) is 9.62. The molecule has 2 atom stereocenters. The quantitative estimate of drug-likeness (QED) is 0.884. The Morgan fingerprint density at radius 3 is 2.30 bits per heavy atom. The second-order valence-corrected chi connectivity index (χ2v) is 7.55. The number of carbonyl (C=O) groups is 1. The number of carbonyl (C=O) groups excluding carboxylic acids is 1. The smallest absolute Gasteiger partial charge is 0.228 e. The van der Waals surface area contributed by atoms with Crippen LogP contribution >= 0.6 is 0 Å². The van der Waals surface area contributed by atoms with Crippen molar-refractivity contribution in [2.75, 3.05) is 50.6 Å². The summed E-state index contributed by atoms with van der Waals surface area (Å²) in [6, 6.07) is 16.3. The molecule has 142 valence electrons. The van der Waals surface area contributed by atoms with Crippen molar-refractivity contribution < 1.29 is 9.53 Å². The molecule has 0 radical (unpaired) electrons. The fourth-order valence-electron chi connectivity index (χ4n) is 3.76. The van der Waals surface area contributed by atoms with Crippen LogP contribution < -0.4 is 15.0 Å². The minimum absolute atomic E-state index is 0.0655. The molecule has 5 nitrogen and oxygen atoms in total. The van der Waals surface area contributed by atoms with Crippen LogP contribution in [0.5, 0.6) is 5.75 Å². The van der Waals surface area contributed by atoms with Gasteiger partial charge in [-0.15, -0.1) is 0 Å². The monoisotopic (exact) mass is 365 g/mol. The second kappa shape index (κ2) is 7.61. The molecule has 1 heterocycles. The van der Waals surface area contributed by atoms with Crippen LogP contribution in [0.2, 0.25) is 0 Å². The Balaban J connectivity index is 1.32. The summed E-state index contributed by atoms with van der Waals surface area (Å²) < 4.78 is 5.20. The van der Waals surface area contributed by atoms with Crippen molar-refractivity contribution in [2.45, 2.75) is 12.3 Å². The maximum absolute atomic E-state index is 12.6. The van der Waals surface area contributed by atoms with E-state index in [-0.39, 0.29) is 11.8 Å². The molecule has 1 saturated carbocycles. The average molecular weight is 365 g/mol. The van der Waals surface area contributed by atoms with Crippen molar-refractivity contribution in [3.8, 4) is 5.75 Å². The van der Waals surface area contributed by atoms with E-state index in [4.69, 9.17) is 4.74 Å². The van der Waals surface area contributed by atoms with E-state index < -0.39 is 0 Å². The molecule has 2 fully saturated rings. The number of amides is 1. The van der Waals surface area contributed by atoms with E-state index in [0.29, 0.717) is 5.92 Å². The van der Waals surface area contributed by atoms with Gasteiger partial charge in [0, 0.05) is 43.5 Å². The van der Waals surface area contributed by atoms with Crippen LogP contribution in [-0.2, 0) is 4.79 Å². The molecule has 4 rings (SSSR count).